The summed E-state index contributed by atoms with van der Waals surface area (Å²) in [7, 11) is 0. The minimum atomic E-state index is -0.446. The first-order valence-electron chi connectivity index (χ1n) is 4.38. The highest BCUT2D eigenvalue weighted by atomic mass is 19.1. The van der Waals surface area contributed by atoms with Gasteiger partial charge in [-0.1, -0.05) is 26.0 Å². The molecule has 1 aromatic rings. The Morgan fingerprint density at radius 3 is 2.08 bits per heavy atom. The van der Waals surface area contributed by atoms with Crippen LogP contribution in [0.2, 0.25) is 0 Å². The molecule has 0 spiro atoms. The first-order valence-corrected chi connectivity index (χ1v) is 4.38. The number of hydrogen-bond donors (Lipinski definition) is 1. The summed E-state index contributed by atoms with van der Waals surface area (Å²) in [6.45, 7) is 5.61. The molecule has 13 heavy (non-hydrogen) atoms. The van der Waals surface area contributed by atoms with E-state index in [2.05, 4.69) is 0 Å². The van der Waals surface area contributed by atoms with Crippen LogP contribution in [0.1, 0.15) is 26.3 Å². The van der Waals surface area contributed by atoms with E-state index in [4.69, 9.17) is 0 Å². The number of hydrogen-bond acceptors (Lipinski definition) is 1. The second-order valence-electron chi connectivity index (χ2n) is 3.90. The van der Waals surface area contributed by atoms with Crippen molar-refractivity contribution in [3.8, 4) is 0 Å². The molecular formula is C11H15FO. The Balaban J connectivity index is 3.01. The molecule has 0 radical (unpaired) electrons. The molecule has 0 aliphatic rings. The van der Waals surface area contributed by atoms with Crippen molar-refractivity contribution < 1.29 is 9.50 Å². The largest absolute Gasteiger partial charge is 0.393 e. The number of aliphatic hydroxyl groups is 1. The predicted molar refractivity (Wildman–Crippen MR) is 51.1 cm³/mol. The van der Waals surface area contributed by atoms with Gasteiger partial charge in [-0.15, -0.1) is 0 Å². The average molecular weight is 182 g/mol. The molecule has 0 aliphatic carbocycles. The molecule has 0 unspecified atom stereocenters. The summed E-state index contributed by atoms with van der Waals surface area (Å²) < 4.78 is 12.6. The highest BCUT2D eigenvalue weighted by Crippen LogP contribution is 2.26. The van der Waals surface area contributed by atoms with E-state index in [1.807, 2.05) is 13.8 Å². The summed E-state index contributed by atoms with van der Waals surface area (Å²) in [5.74, 6) is -0.245. The Morgan fingerprint density at radius 1 is 1.23 bits per heavy atom. The third-order valence-corrected chi connectivity index (χ3v) is 2.63. The van der Waals surface area contributed by atoms with Crippen molar-refractivity contribution in [2.24, 2.45) is 0 Å². The van der Waals surface area contributed by atoms with Crippen LogP contribution in [0, 0.1) is 5.82 Å². The molecule has 1 rings (SSSR count). The lowest BCUT2D eigenvalue weighted by Gasteiger charge is -2.28. The van der Waals surface area contributed by atoms with Gasteiger partial charge < -0.3 is 5.11 Å². The van der Waals surface area contributed by atoms with Gasteiger partial charge in [-0.2, -0.15) is 0 Å². The standard InChI is InChI=1S/C11H15FO/c1-8(13)11(2,3)9-4-6-10(12)7-5-9/h4-8,13H,1-3H3/t8-/m0/s1. The Morgan fingerprint density at radius 2 is 1.69 bits per heavy atom. The number of rotatable bonds is 2. The third kappa shape index (κ3) is 2.07. The topological polar surface area (TPSA) is 20.2 Å². The maximum absolute atomic E-state index is 12.6. The molecular weight excluding hydrogens is 167 g/mol. The van der Waals surface area contributed by atoms with Crippen LogP contribution in [0.15, 0.2) is 24.3 Å². The zero-order valence-electron chi connectivity index (χ0n) is 8.21. The van der Waals surface area contributed by atoms with Crippen molar-refractivity contribution in [3.63, 3.8) is 0 Å². The molecule has 72 valence electrons. The minimum Gasteiger partial charge on any atom is -0.393 e. The van der Waals surface area contributed by atoms with Crippen molar-refractivity contribution in [2.75, 3.05) is 0 Å². The zero-order chi connectivity index (χ0) is 10.1. The van der Waals surface area contributed by atoms with Gasteiger partial charge in [-0.05, 0) is 24.6 Å². The highest BCUT2D eigenvalue weighted by molar-refractivity contribution is 5.25. The smallest absolute Gasteiger partial charge is 0.123 e. The van der Waals surface area contributed by atoms with Gasteiger partial charge in [0.25, 0.3) is 0 Å². The van der Waals surface area contributed by atoms with E-state index in [0.717, 1.165) is 5.56 Å². The van der Waals surface area contributed by atoms with Gasteiger partial charge >= 0.3 is 0 Å². The first kappa shape index (κ1) is 10.2. The minimum absolute atomic E-state index is 0.245. The summed E-state index contributed by atoms with van der Waals surface area (Å²) in [5.41, 5.74) is 0.622. The Labute approximate surface area is 78.2 Å². The van der Waals surface area contributed by atoms with Gasteiger partial charge in [-0.3, -0.25) is 0 Å². The fraction of sp³-hybridized carbons (Fsp3) is 0.455. The summed E-state index contributed by atoms with van der Waals surface area (Å²) in [6.07, 6.45) is -0.446. The Hall–Kier alpha value is -0.890. The van der Waals surface area contributed by atoms with Gasteiger partial charge in [0.05, 0.1) is 6.10 Å². The molecule has 0 saturated carbocycles. The maximum Gasteiger partial charge on any atom is 0.123 e. The van der Waals surface area contributed by atoms with E-state index < -0.39 is 6.10 Å². The van der Waals surface area contributed by atoms with Crippen LogP contribution < -0.4 is 0 Å². The second kappa shape index (κ2) is 3.46. The molecule has 2 heteroatoms. The quantitative estimate of drug-likeness (QED) is 0.745. The van der Waals surface area contributed by atoms with Crippen LogP contribution >= 0.6 is 0 Å². The molecule has 0 aliphatic heterocycles. The Bertz CT molecular complexity index is 275. The summed E-state index contributed by atoms with van der Waals surface area (Å²) in [4.78, 5) is 0. The maximum atomic E-state index is 12.6. The van der Waals surface area contributed by atoms with Crippen LogP contribution in [0.5, 0.6) is 0 Å². The molecule has 1 aromatic carbocycles. The molecule has 1 atom stereocenters. The van der Waals surface area contributed by atoms with E-state index in [-0.39, 0.29) is 11.2 Å². The van der Waals surface area contributed by atoms with Crippen LogP contribution in [0.4, 0.5) is 4.39 Å². The molecule has 0 saturated heterocycles. The van der Waals surface area contributed by atoms with Crippen LogP contribution in [-0.2, 0) is 5.41 Å². The summed E-state index contributed by atoms with van der Waals surface area (Å²) in [6, 6.07) is 6.25. The summed E-state index contributed by atoms with van der Waals surface area (Å²) >= 11 is 0. The SMILES string of the molecule is C[C@H](O)C(C)(C)c1ccc(F)cc1. The van der Waals surface area contributed by atoms with E-state index >= 15 is 0 Å². The van der Waals surface area contributed by atoms with E-state index in [1.165, 1.54) is 12.1 Å². The van der Waals surface area contributed by atoms with Crippen LogP contribution in [-0.4, -0.2) is 11.2 Å². The lowest BCUT2D eigenvalue weighted by atomic mass is 9.80. The van der Waals surface area contributed by atoms with E-state index in [0.29, 0.717) is 0 Å². The molecule has 0 bridgehead atoms. The Kier molecular flexibility index (Phi) is 2.71. The van der Waals surface area contributed by atoms with Gasteiger partial charge in [0.2, 0.25) is 0 Å². The average Bonchev–Trinajstić information content (AvgIpc) is 2.04. The third-order valence-electron chi connectivity index (χ3n) is 2.63. The van der Waals surface area contributed by atoms with Crippen molar-refractivity contribution >= 4 is 0 Å². The van der Waals surface area contributed by atoms with Crippen molar-refractivity contribution in [2.45, 2.75) is 32.3 Å². The van der Waals surface area contributed by atoms with Crippen LogP contribution in [0.25, 0.3) is 0 Å². The van der Waals surface area contributed by atoms with Crippen molar-refractivity contribution in [3.05, 3.63) is 35.6 Å². The van der Waals surface area contributed by atoms with Crippen molar-refractivity contribution in [1.29, 1.82) is 0 Å². The fourth-order valence-electron chi connectivity index (χ4n) is 1.12. The number of benzene rings is 1. The van der Waals surface area contributed by atoms with Crippen LogP contribution in [0.3, 0.4) is 0 Å². The molecule has 1 nitrogen and oxygen atoms in total. The van der Waals surface area contributed by atoms with E-state index in [9.17, 15) is 9.50 Å². The monoisotopic (exact) mass is 182 g/mol. The normalized spacial score (nSPS) is 14.2. The predicted octanol–water partition coefficient (Wildman–Crippen LogP) is 2.48. The number of halogens is 1. The lowest BCUT2D eigenvalue weighted by Crippen LogP contribution is -2.30. The molecule has 0 aromatic heterocycles. The molecule has 1 N–H and O–H groups in total. The first-order chi connectivity index (χ1) is 5.94. The highest BCUT2D eigenvalue weighted by Gasteiger charge is 2.25. The van der Waals surface area contributed by atoms with Gasteiger partial charge in [0.1, 0.15) is 5.82 Å². The molecule has 0 amide bonds. The number of aliphatic hydroxyl groups excluding tert-OH is 1. The summed E-state index contributed by atoms with van der Waals surface area (Å²) in [5, 5.41) is 9.51. The van der Waals surface area contributed by atoms with Crippen molar-refractivity contribution in [1.82, 2.24) is 0 Å². The van der Waals surface area contributed by atoms with E-state index in [1.54, 1.807) is 19.1 Å². The molecule has 0 fully saturated rings. The second-order valence-corrected chi connectivity index (χ2v) is 3.90. The van der Waals surface area contributed by atoms with Gasteiger partial charge in [0.15, 0.2) is 0 Å². The zero-order valence-corrected chi connectivity index (χ0v) is 8.21. The molecule has 0 heterocycles. The van der Waals surface area contributed by atoms with Gasteiger partial charge in [-0.25, -0.2) is 4.39 Å². The lowest BCUT2D eigenvalue weighted by molar-refractivity contribution is 0.118. The fourth-order valence-corrected chi connectivity index (χ4v) is 1.12. The van der Waals surface area contributed by atoms with Gasteiger partial charge in [0, 0.05) is 5.41 Å².